The molecule has 0 fully saturated rings. The Morgan fingerprint density at radius 1 is 0.640 bits per heavy atom. The van der Waals surface area contributed by atoms with Crippen molar-refractivity contribution in [1.29, 1.82) is 0 Å². The van der Waals surface area contributed by atoms with Crippen LogP contribution in [0.1, 0.15) is 30.8 Å². The van der Waals surface area contributed by atoms with E-state index in [0.29, 0.717) is 17.7 Å². The van der Waals surface area contributed by atoms with Crippen molar-refractivity contribution < 1.29 is 0 Å². The summed E-state index contributed by atoms with van der Waals surface area (Å²) in [7, 11) is 0. The van der Waals surface area contributed by atoms with Crippen molar-refractivity contribution >= 4 is 23.3 Å². The molecule has 5 heteroatoms. The van der Waals surface area contributed by atoms with Crippen LogP contribution in [-0.4, -0.2) is 15.0 Å². The van der Waals surface area contributed by atoms with Crippen molar-refractivity contribution in [3.8, 4) is 0 Å². The van der Waals surface area contributed by atoms with E-state index in [-0.39, 0.29) is 0 Å². The number of hydrogen-bond acceptors (Lipinski definition) is 5. The highest BCUT2D eigenvalue weighted by atomic mass is 15.2. The minimum absolute atomic E-state index is 0.523. The van der Waals surface area contributed by atoms with E-state index in [4.69, 9.17) is 0 Å². The van der Waals surface area contributed by atoms with Crippen molar-refractivity contribution in [1.82, 2.24) is 15.0 Å². The van der Waals surface area contributed by atoms with E-state index in [1.807, 2.05) is 57.2 Å². The molecule has 0 spiro atoms. The molecular formula is C20H25N5. The van der Waals surface area contributed by atoms with Gasteiger partial charge in [-0.1, -0.05) is 38.1 Å². The van der Waals surface area contributed by atoms with Crippen LogP contribution >= 0.6 is 0 Å². The normalized spacial score (nSPS) is 9.80. The summed E-state index contributed by atoms with van der Waals surface area (Å²) in [6, 6.07) is 16.0. The number of rotatable bonds is 4. The van der Waals surface area contributed by atoms with Crippen LogP contribution in [0.2, 0.25) is 0 Å². The van der Waals surface area contributed by atoms with E-state index >= 15 is 0 Å². The lowest BCUT2D eigenvalue weighted by Crippen LogP contribution is -2.05. The quantitative estimate of drug-likeness (QED) is 0.676. The van der Waals surface area contributed by atoms with Crippen molar-refractivity contribution in [2.75, 3.05) is 10.6 Å². The standard InChI is InChI=1S/C18H19N5.C2H6/c1-12-9-10-16(11-13(12)2)22-18-20-14(3)19-17(23-18)21-15-7-5-4-6-8-15;1-2/h4-11H,1-3H3,(H2,19,20,21,22,23);1-2H3. The minimum atomic E-state index is 0.523. The smallest absolute Gasteiger partial charge is 0.232 e. The second kappa shape index (κ2) is 8.78. The Morgan fingerprint density at radius 3 is 1.84 bits per heavy atom. The monoisotopic (exact) mass is 335 g/mol. The summed E-state index contributed by atoms with van der Waals surface area (Å²) in [5.74, 6) is 1.71. The van der Waals surface area contributed by atoms with Gasteiger partial charge in [-0.15, -0.1) is 0 Å². The van der Waals surface area contributed by atoms with Crippen LogP contribution in [0.4, 0.5) is 23.3 Å². The summed E-state index contributed by atoms with van der Waals surface area (Å²) in [4.78, 5) is 13.1. The zero-order chi connectivity index (χ0) is 18.2. The molecule has 25 heavy (non-hydrogen) atoms. The summed E-state index contributed by atoms with van der Waals surface area (Å²) in [6.45, 7) is 10.0. The highest BCUT2D eigenvalue weighted by molar-refractivity contribution is 5.58. The molecule has 0 radical (unpaired) electrons. The van der Waals surface area contributed by atoms with Crippen molar-refractivity contribution in [2.24, 2.45) is 0 Å². The third-order valence-corrected chi connectivity index (χ3v) is 3.54. The van der Waals surface area contributed by atoms with Gasteiger partial charge in [0, 0.05) is 11.4 Å². The van der Waals surface area contributed by atoms with Gasteiger partial charge in [0.1, 0.15) is 5.82 Å². The van der Waals surface area contributed by atoms with Crippen LogP contribution in [-0.2, 0) is 0 Å². The van der Waals surface area contributed by atoms with Gasteiger partial charge >= 0.3 is 0 Å². The van der Waals surface area contributed by atoms with Gasteiger partial charge in [-0.3, -0.25) is 0 Å². The SMILES string of the molecule is CC.Cc1nc(Nc2ccccc2)nc(Nc2ccc(C)c(C)c2)n1. The fraction of sp³-hybridized carbons (Fsp3) is 0.250. The van der Waals surface area contributed by atoms with Gasteiger partial charge in [0.05, 0.1) is 0 Å². The van der Waals surface area contributed by atoms with Crippen LogP contribution in [0.15, 0.2) is 48.5 Å². The number of aryl methyl sites for hydroxylation is 3. The second-order valence-electron chi connectivity index (χ2n) is 5.44. The molecular weight excluding hydrogens is 310 g/mol. The van der Waals surface area contributed by atoms with Gasteiger partial charge < -0.3 is 10.6 Å². The number of anilines is 4. The highest BCUT2D eigenvalue weighted by Crippen LogP contribution is 2.19. The first-order chi connectivity index (χ1) is 12.1. The predicted octanol–water partition coefficient (Wildman–Crippen LogP) is 5.31. The summed E-state index contributed by atoms with van der Waals surface area (Å²) in [6.07, 6.45) is 0. The summed E-state index contributed by atoms with van der Waals surface area (Å²) in [5.41, 5.74) is 4.39. The molecule has 0 bridgehead atoms. The maximum absolute atomic E-state index is 4.43. The molecule has 0 unspecified atom stereocenters. The Balaban J connectivity index is 0.00000109. The number of hydrogen-bond donors (Lipinski definition) is 2. The van der Waals surface area contributed by atoms with Crippen LogP contribution in [0.3, 0.4) is 0 Å². The second-order valence-corrected chi connectivity index (χ2v) is 5.44. The molecule has 0 aliphatic heterocycles. The first-order valence-corrected chi connectivity index (χ1v) is 8.49. The summed E-state index contributed by atoms with van der Waals surface area (Å²) in [5, 5.41) is 6.43. The molecule has 1 heterocycles. The molecule has 2 aromatic carbocycles. The van der Waals surface area contributed by atoms with Crippen LogP contribution in [0.5, 0.6) is 0 Å². The number of para-hydroxylation sites is 1. The predicted molar refractivity (Wildman–Crippen MR) is 105 cm³/mol. The largest absolute Gasteiger partial charge is 0.324 e. The third-order valence-electron chi connectivity index (χ3n) is 3.54. The van der Waals surface area contributed by atoms with E-state index in [0.717, 1.165) is 11.4 Å². The zero-order valence-corrected chi connectivity index (χ0v) is 15.5. The molecule has 3 rings (SSSR count). The van der Waals surface area contributed by atoms with Crippen LogP contribution in [0.25, 0.3) is 0 Å². The van der Waals surface area contributed by atoms with Gasteiger partial charge in [-0.2, -0.15) is 15.0 Å². The molecule has 0 atom stereocenters. The topological polar surface area (TPSA) is 62.7 Å². The molecule has 130 valence electrons. The Labute approximate surface area is 149 Å². The maximum Gasteiger partial charge on any atom is 0.232 e. The van der Waals surface area contributed by atoms with E-state index in [2.05, 4.69) is 51.6 Å². The Kier molecular flexibility index (Phi) is 6.46. The van der Waals surface area contributed by atoms with Gasteiger partial charge in [0.25, 0.3) is 0 Å². The lowest BCUT2D eigenvalue weighted by molar-refractivity contribution is 0.989. The highest BCUT2D eigenvalue weighted by Gasteiger charge is 2.05. The minimum Gasteiger partial charge on any atom is -0.324 e. The fourth-order valence-corrected chi connectivity index (χ4v) is 2.19. The summed E-state index contributed by atoms with van der Waals surface area (Å²) >= 11 is 0. The number of nitrogens with zero attached hydrogens (tertiary/aromatic N) is 3. The molecule has 0 aliphatic carbocycles. The Bertz CT molecular complexity index is 816. The lowest BCUT2D eigenvalue weighted by atomic mass is 10.1. The molecule has 0 amide bonds. The van der Waals surface area contributed by atoms with Crippen molar-refractivity contribution in [2.45, 2.75) is 34.6 Å². The molecule has 1 aromatic heterocycles. The van der Waals surface area contributed by atoms with Crippen molar-refractivity contribution in [3.05, 3.63) is 65.5 Å². The van der Waals surface area contributed by atoms with Gasteiger partial charge in [0.15, 0.2) is 0 Å². The fourth-order valence-electron chi connectivity index (χ4n) is 2.19. The van der Waals surface area contributed by atoms with E-state index < -0.39 is 0 Å². The van der Waals surface area contributed by atoms with Gasteiger partial charge in [0.2, 0.25) is 11.9 Å². The number of benzene rings is 2. The van der Waals surface area contributed by atoms with Crippen molar-refractivity contribution in [3.63, 3.8) is 0 Å². The lowest BCUT2D eigenvalue weighted by Gasteiger charge is -2.10. The molecule has 0 saturated carbocycles. The van der Waals surface area contributed by atoms with Gasteiger partial charge in [-0.25, -0.2) is 0 Å². The number of aromatic nitrogens is 3. The molecule has 5 nitrogen and oxygen atoms in total. The Morgan fingerprint density at radius 2 is 1.24 bits per heavy atom. The van der Waals surface area contributed by atoms with Crippen LogP contribution < -0.4 is 10.6 Å². The van der Waals surface area contributed by atoms with Crippen LogP contribution in [0, 0.1) is 20.8 Å². The average molecular weight is 335 g/mol. The molecule has 0 saturated heterocycles. The summed E-state index contributed by atoms with van der Waals surface area (Å²) < 4.78 is 0. The first-order valence-electron chi connectivity index (χ1n) is 8.49. The molecule has 2 N–H and O–H groups in total. The number of nitrogens with one attached hydrogen (secondary N) is 2. The average Bonchev–Trinajstić information content (AvgIpc) is 2.60. The first kappa shape index (κ1) is 18.4. The zero-order valence-electron chi connectivity index (χ0n) is 15.5. The van der Waals surface area contributed by atoms with E-state index in [1.54, 1.807) is 0 Å². The van der Waals surface area contributed by atoms with Gasteiger partial charge in [-0.05, 0) is 56.2 Å². The third kappa shape index (κ3) is 5.28. The van der Waals surface area contributed by atoms with E-state index in [9.17, 15) is 0 Å². The Hall–Kier alpha value is -2.95. The maximum atomic E-state index is 4.43. The molecule has 0 aliphatic rings. The molecule has 3 aromatic rings. The van der Waals surface area contributed by atoms with E-state index in [1.165, 1.54) is 11.1 Å².